The summed E-state index contributed by atoms with van der Waals surface area (Å²) >= 11 is 0. The van der Waals surface area contributed by atoms with E-state index < -0.39 is 5.97 Å². The number of fused-ring (bicyclic) bond motifs is 2. The van der Waals surface area contributed by atoms with Crippen molar-refractivity contribution in [3.05, 3.63) is 0 Å². The second kappa shape index (κ2) is 3.98. The van der Waals surface area contributed by atoms with Crippen molar-refractivity contribution < 1.29 is 14.7 Å². The molecule has 5 heteroatoms. The van der Waals surface area contributed by atoms with E-state index in [1.807, 2.05) is 4.90 Å². The molecule has 0 aromatic heterocycles. The predicted octanol–water partition coefficient (Wildman–Crippen LogP) is 0.156. The van der Waals surface area contributed by atoms with Crippen LogP contribution in [-0.4, -0.2) is 58.5 Å². The number of carbonyl (C=O) groups is 2. The molecule has 0 aromatic carbocycles. The Morgan fingerprint density at radius 2 is 2.00 bits per heavy atom. The minimum absolute atomic E-state index is 0.0997. The van der Waals surface area contributed by atoms with Crippen LogP contribution in [0.4, 0.5) is 0 Å². The fraction of sp³-hybridized carbons (Fsp3) is 0.833. The molecular weight excluding hydrogens is 220 g/mol. The van der Waals surface area contributed by atoms with Gasteiger partial charge in [0.15, 0.2) is 0 Å². The molecule has 5 nitrogen and oxygen atoms in total. The number of likely N-dealkylation sites (tertiary alicyclic amines) is 1. The summed E-state index contributed by atoms with van der Waals surface area (Å²) in [7, 11) is 0. The van der Waals surface area contributed by atoms with E-state index in [0.717, 1.165) is 38.8 Å². The summed E-state index contributed by atoms with van der Waals surface area (Å²) in [6.45, 7) is 2.19. The number of hydrogen-bond donors (Lipinski definition) is 1. The standard InChI is InChI=1S/C12H18N2O3/c15-11(13-4-1-5-13)7-14-8-2-3-10(14)9(6-8)12(16)17/h8-10H,1-7H2,(H,16,17). The number of carboxylic acid groups (broad SMARTS) is 1. The van der Waals surface area contributed by atoms with Gasteiger partial charge in [-0.1, -0.05) is 0 Å². The molecule has 0 spiro atoms. The van der Waals surface area contributed by atoms with Crippen LogP contribution in [0.2, 0.25) is 0 Å². The highest BCUT2D eigenvalue weighted by Crippen LogP contribution is 2.41. The lowest BCUT2D eigenvalue weighted by atomic mass is 9.89. The van der Waals surface area contributed by atoms with E-state index in [1.54, 1.807) is 0 Å². The summed E-state index contributed by atoms with van der Waals surface area (Å²) in [5.41, 5.74) is 0. The molecule has 2 bridgehead atoms. The van der Waals surface area contributed by atoms with Gasteiger partial charge in [-0.3, -0.25) is 14.5 Å². The number of hydrogen-bond acceptors (Lipinski definition) is 3. The summed E-state index contributed by atoms with van der Waals surface area (Å²) in [6, 6.07) is 0.425. The quantitative estimate of drug-likeness (QED) is 0.760. The van der Waals surface area contributed by atoms with Gasteiger partial charge in [0, 0.05) is 25.2 Å². The molecule has 3 atom stereocenters. The fourth-order valence-electron chi connectivity index (χ4n) is 3.43. The van der Waals surface area contributed by atoms with Gasteiger partial charge in [0.2, 0.25) is 5.91 Å². The first-order valence-electron chi connectivity index (χ1n) is 6.43. The van der Waals surface area contributed by atoms with Gasteiger partial charge >= 0.3 is 5.97 Å². The smallest absolute Gasteiger partial charge is 0.308 e. The van der Waals surface area contributed by atoms with E-state index >= 15 is 0 Å². The van der Waals surface area contributed by atoms with Crippen molar-refractivity contribution in [2.24, 2.45) is 5.92 Å². The Labute approximate surface area is 100 Å². The zero-order valence-corrected chi connectivity index (χ0v) is 9.84. The number of carboxylic acids is 1. The highest BCUT2D eigenvalue weighted by molar-refractivity contribution is 5.79. The molecule has 17 heavy (non-hydrogen) atoms. The maximum absolute atomic E-state index is 11.9. The lowest BCUT2D eigenvalue weighted by molar-refractivity contribution is -0.143. The third kappa shape index (κ3) is 1.73. The first-order valence-corrected chi connectivity index (χ1v) is 6.43. The molecule has 0 aromatic rings. The molecule has 3 saturated heterocycles. The minimum Gasteiger partial charge on any atom is -0.481 e. The molecule has 3 fully saturated rings. The van der Waals surface area contributed by atoms with Gasteiger partial charge in [-0.25, -0.2) is 0 Å². The van der Waals surface area contributed by atoms with Gasteiger partial charge in [0.05, 0.1) is 12.5 Å². The summed E-state index contributed by atoms with van der Waals surface area (Å²) in [5.74, 6) is -0.768. The van der Waals surface area contributed by atoms with Crippen molar-refractivity contribution in [1.82, 2.24) is 9.80 Å². The van der Waals surface area contributed by atoms with Gasteiger partial charge < -0.3 is 10.0 Å². The van der Waals surface area contributed by atoms with Crippen molar-refractivity contribution in [1.29, 1.82) is 0 Å². The van der Waals surface area contributed by atoms with E-state index in [4.69, 9.17) is 5.11 Å². The maximum Gasteiger partial charge on any atom is 0.308 e. The molecule has 0 saturated carbocycles. The molecular formula is C12H18N2O3. The molecule has 0 radical (unpaired) electrons. The molecule has 0 aliphatic carbocycles. The number of nitrogens with zero attached hydrogens (tertiary/aromatic N) is 2. The zero-order chi connectivity index (χ0) is 12.0. The summed E-state index contributed by atoms with van der Waals surface area (Å²) in [4.78, 5) is 27.0. The molecule has 1 amide bonds. The average Bonchev–Trinajstić information content (AvgIpc) is 2.72. The molecule has 1 N–H and O–H groups in total. The maximum atomic E-state index is 11.9. The Balaban J connectivity index is 1.64. The fourth-order valence-corrected chi connectivity index (χ4v) is 3.43. The SMILES string of the molecule is O=C(O)C1CC2CCC1N2CC(=O)N1CCC1. The summed E-state index contributed by atoms with van der Waals surface area (Å²) in [5, 5.41) is 9.13. The van der Waals surface area contributed by atoms with Crippen LogP contribution < -0.4 is 0 Å². The number of amides is 1. The Morgan fingerprint density at radius 3 is 2.53 bits per heavy atom. The van der Waals surface area contributed by atoms with E-state index in [1.165, 1.54) is 0 Å². The number of carbonyl (C=O) groups excluding carboxylic acids is 1. The highest BCUT2D eigenvalue weighted by atomic mass is 16.4. The summed E-state index contributed by atoms with van der Waals surface area (Å²) < 4.78 is 0. The Morgan fingerprint density at radius 1 is 1.24 bits per heavy atom. The minimum atomic E-state index is -0.696. The lowest BCUT2D eigenvalue weighted by Crippen LogP contribution is -2.48. The Kier molecular flexibility index (Phi) is 2.58. The first-order chi connectivity index (χ1) is 8.16. The summed E-state index contributed by atoms with van der Waals surface area (Å²) in [6.07, 6.45) is 3.83. The van der Waals surface area contributed by atoms with E-state index in [-0.39, 0.29) is 17.9 Å². The van der Waals surface area contributed by atoms with Crippen LogP contribution in [0.5, 0.6) is 0 Å². The van der Waals surface area contributed by atoms with Crippen molar-refractivity contribution in [2.45, 2.75) is 37.8 Å². The lowest BCUT2D eigenvalue weighted by Gasteiger charge is -2.33. The largest absolute Gasteiger partial charge is 0.481 e. The number of rotatable bonds is 3. The van der Waals surface area contributed by atoms with Gasteiger partial charge in [-0.15, -0.1) is 0 Å². The Bertz CT molecular complexity index is 354. The second-order valence-electron chi connectivity index (χ2n) is 5.39. The van der Waals surface area contributed by atoms with Crippen molar-refractivity contribution in [3.8, 4) is 0 Å². The normalized spacial score (nSPS) is 36.0. The molecule has 3 aliphatic heterocycles. The monoisotopic (exact) mass is 238 g/mol. The molecule has 3 heterocycles. The van der Waals surface area contributed by atoms with Crippen molar-refractivity contribution in [2.75, 3.05) is 19.6 Å². The van der Waals surface area contributed by atoms with Gasteiger partial charge in [0.1, 0.15) is 0 Å². The van der Waals surface area contributed by atoms with E-state index in [9.17, 15) is 9.59 Å². The third-order valence-corrected chi connectivity index (χ3v) is 4.52. The van der Waals surface area contributed by atoms with Crippen LogP contribution in [-0.2, 0) is 9.59 Å². The van der Waals surface area contributed by atoms with Crippen LogP contribution >= 0.6 is 0 Å². The topological polar surface area (TPSA) is 60.9 Å². The predicted molar refractivity (Wildman–Crippen MR) is 60.5 cm³/mol. The van der Waals surface area contributed by atoms with Gasteiger partial charge in [-0.05, 0) is 25.7 Å². The molecule has 94 valence electrons. The van der Waals surface area contributed by atoms with Gasteiger partial charge in [-0.2, -0.15) is 0 Å². The van der Waals surface area contributed by atoms with E-state index in [0.29, 0.717) is 12.6 Å². The van der Waals surface area contributed by atoms with E-state index in [2.05, 4.69) is 4.90 Å². The number of aliphatic carboxylic acids is 1. The van der Waals surface area contributed by atoms with Crippen LogP contribution in [0.15, 0.2) is 0 Å². The van der Waals surface area contributed by atoms with Crippen LogP contribution in [0.1, 0.15) is 25.7 Å². The first kappa shape index (κ1) is 11.0. The van der Waals surface area contributed by atoms with Gasteiger partial charge in [0.25, 0.3) is 0 Å². The molecule has 3 aliphatic rings. The average molecular weight is 238 g/mol. The third-order valence-electron chi connectivity index (χ3n) is 4.52. The van der Waals surface area contributed by atoms with Crippen LogP contribution in [0.25, 0.3) is 0 Å². The second-order valence-corrected chi connectivity index (χ2v) is 5.39. The van der Waals surface area contributed by atoms with Crippen molar-refractivity contribution in [3.63, 3.8) is 0 Å². The van der Waals surface area contributed by atoms with Crippen LogP contribution in [0, 0.1) is 5.92 Å². The van der Waals surface area contributed by atoms with Crippen molar-refractivity contribution >= 4 is 11.9 Å². The Hall–Kier alpha value is -1.10. The molecule has 3 rings (SSSR count). The van der Waals surface area contributed by atoms with Crippen LogP contribution in [0.3, 0.4) is 0 Å². The highest BCUT2D eigenvalue weighted by Gasteiger charge is 2.49. The zero-order valence-electron chi connectivity index (χ0n) is 9.84. The molecule has 3 unspecified atom stereocenters.